The van der Waals surface area contributed by atoms with Crippen molar-refractivity contribution in [3.05, 3.63) is 24.2 Å². The van der Waals surface area contributed by atoms with Crippen LogP contribution in [0.3, 0.4) is 0 Å². The molecule has 2 fully saturated rings. The molecular formula is C12H17NO2. The molecule has 1 aromatic rings. The molecule has 3 rings (SSSR count). The smallest absolute Gasteiger partial charge is 0.136 e. The highest BCUT2D eigenvalue weighted by molar-refractivity contribution is 5.15. The van der Waals surface area contributed by atoms with Gasteiger partial charge in [-0.3, -0.25) is 4.90 Å². The van der Waals surface area contributed by atoms with Gasteiger partial charge in [0.2, 0.25) is 0 Å². The van der Waals surface area contributed by atoms with Gasteiger partial charge in [-0.2, -0.15) is 0 Å². The molecule has 2 atom stereocenters. The van der Waals surface area contributed by atoms with E-state index in [0.717, 1.165) is 18.7 Å². The molecule has 1 saturated heterocycles. The van der Waals surface area contributed by atoms with E-state index >= 15 is 0 Å². The molecule has 0 spiro atoms. The summed E-state index contributed by atoms with van der Waals surface area (Å²) in [5, 5.41) is 10.5. The van der Waals surface area contributed by atoms with Crippen molar-refractivity contribution in [1.29, 1.82) is 0 Å². The Labute approximate surface area is 89.7 Å². The van der Waals surface area contributed by atoms with Crippen molar-refractivity contribution in [2.75, 3.05) is 6.54 Å². The number of furan rings is 1. The first-order valence-electron chi connectivity index (χ1n) is 5.71. The fourth-order valence-corrected chi connectivity index (χ4v) is 2.75. The molecule has 0 bridgehead atoms. The normalized spacial score (nSPS) is 37.3. The van der Waals surface area contributed by atoms with Crippen LogP contribution in [-0.4, -0.2) is 28.6 Å². The number of likely N-dealkylation sites (tertiary alicyclic amines) is 1. The highest BCUT2D eigenvalue weighted by Crippen LogP contribution is 2.41. The molecule has 0 amide bonds. The van der Waals surface area contributed by atoms with Crippen LogP contribution in [0.4, 0.5) is 0 Å². The first-order valence-corrected chi connectivity index (χ1v) is 5.71. The molecule has 1 aliphatic carbocycles. The number of β-amino-alcohol motifs (C(OH)–C–C–N with tert-alkyl or cyclic N) is 1. The average Bonchev–Trinajstić information content (AvgIpc) is 2.77. The second-order valence-corrected chi connectivity index (χ2v) is 4.97. The van der Waals surface area contributed by atoms with Crippen LogP contribution in [-0.2, 0) is 5.60 Å². The Kier molecular flexibility index (Phi) is 1.94. The van der Waals surface area contributed by atoms with E-state index in [9.17, 15) is 5.11 Å². The van der Waals surface area contributed by atoms with Gasteiger partial charge in [-0.15, -0.1) is 0 Å². The molecule has 2 heterocycles. The Morgan fingerprint density at radius 3 is 2.93 bits per heavy atom. The molecule has 82 valence electrons. The summed E-state index contributed by atoms with van der Waals surface area (Å²) in [7, 11) is 0. The van der Waals surface area contributed by atoms with Gasteiger partial charge in [0.05, 0.1) is 6.26 Å². The molecule has 3 nitrogen and oxygen atoms in total. The summed E-state index contributed by atoms with van der Waals surface area (Å²) < 4.78 is 5.34. The van der Waals surface area contributed by atoms with E-state index in [0.29, 0.717) is 12.1 Å². The van der Waals surface area contributed by atoms with Crippen LogP contribution in [0.5, 0.6) is 0 Å². The van der Waals surface area contributed by atoms with Crippen LogP contribution in [0.15, 0.2) is 22.8 Å². The number of rotatable bonds is 2. The minimum atomic E-state index is -0.758. The molecular weight excluding hydrogens is 190 g/mol. The third-order valence-corrected chi connectivity index (χ3v) is 3.64. The van der Waals surface area contributed by atoms with Crippen molar-refractivity contribution in [3.63, 3.8) is 0 Å². The third-order valence-electron chi connectivity index (χ3n) is 3.64. The molecule has 1 saturated carbocycles. The zero-order valence-corrected chi connectivity index (χ0v) is 9.02. The van der Waals surface area contributed by atoms with Crippen molar-refractivity contribution in [2.45, 2.75) is 43.9 Å². The molecule has 2 aliphatic rings. The number of hydrogen-bond acceptors (Lipinski definition) is 3. The van der Waals surface area contributed by atoms with E-state index in [4.69, 9.17) is 4.42 Å². The Morgan fingerprint density at radius 1 is 1.53 bits per heavy atom. The maximum Gasteiger partial charge on any atom is 0.136 e. The summed E-state index contributed by atoms with van der Waals surface area (Å²) in [4.78, 5) is 2.42. The largest absolute Gasteiger partial charge is 0.466 e. The van der Waals surface area contributed by atoms with Crippen LogP contribution in [0.2, 0.25) is 0 Å². The van der Waals surface area contributed by atoms with Crippen molar-refractivity contribution < 1.29 is 9.52 Å². The van der Waals surface area contributed by atoms with Gasteiger partial charge >= 0.3 is 0 Å². The summed E-state index contributed by atoms with van der Waals surface area (Å²) in [6, 6.07) is 4.90. The Morgan fingerprint density at radius 2 is 2.33 bits per heavy atom. The zero-order valence-electron chi connectivity index (χ0n) is 9.02. The summed E-state index contributed by atoms with van der Waals surface area (Å²) >= 11 is 0. The van der Waals surface area contributed by atoms with Crippen LogP contribution in [0, 0.1) is 0 Å². The van der Waals surface area contributed by atoms with Gasteiger partial charge in [-0.05, 0) is 38.3 Å². The van der Waals surface area contributed by atoms with E-state index < -0.39 is 5.60 Å². The van der Waals surface area contributed by atoms with Gasteiger partial charge in [0.15, 0.2) is 0 Å². The fraction of sp³-hybridized carbons (Fsp3) is 0.667. The maximum atomic E-state index is 10.5. The first kappa shape index (κ1) is 9.43. The molecule has 2 unspecified atom stereocenters. The Bertz CT molecular complexity index is 345. The third kappa shape index (κ3) is 1.50. The number of aliphatic hydroxyl groups is 1. The van der Waals surface area contributed by atoms with Crippen LogP contribution < -0.4 is 0 Å². The predicted octanol–water partition coefficient (Wildman–Crippen LogP) is 1.72. The number of nitrogens with zero attached hydrogens (tertiary/aromatic N) is 1. The second kappa shape index (κ2) is 3.09. The SMILES string of the molecule is CC1CC(O)(c2ccco2)CN1C1CC1. The fourth-order valence-electron chi connectivity index (χ4n) is 2.75. The van der Waals surface area contributed by atoms with Crippen molar-refractivity contribution in [3.8, 4) is 0 Å². The quantitative estimate of drug-likeness (QED) is 0.802. The van der Waals surface area contributed by atoms with Crippen molar-refractivity contribution in [2.24, 2.45) is 0 Å². The topological polar surface area (TPSA) is 36.6 Å². The lowest BCUT2D eigenvalue weighted by molar-refractivity contribution is 0.0234. The van der Waals surface area contributed by atoms with E-state index in [2.05, 4.69) is 11.8 Å². The lowest BCUT2D eigenvalue weighted by atomic mass is 9.98. The monoisotopic (exact) mass is 207 g/mol. The molecule has 15 heavy (non-hydrogen) atoms. The molecule has 1 aromatic heterocycles. The average molecular weight is 207 g/mol. The van der Waals surface area contributed by atoms with E-state index in [1.54, 1.807) is 6.26 Å². The number of hydrogen-bond donors (Lipinski definition) is 1. The summed E-state index contributed by atoms with van der Waals surface area (Å²) in [5.41, 5.74) is -0.758. The molecule has 1 N–H and O–H groups in total. The molecule has 1 aliphatic heterocycles. The Hall–Kier alpha value is -0.800. The second-order valence-electron chi connectivity index (χ2n) is 4.97. The van der Waals surface area contributed by atoms with E-state index in [1.165, 1.54) is 12.8 Å². The van der Waals surface area contributed by atoms with Gasteiger partial charge in [-0.1, -0.05) is 0 Å². The van der Waals surface area contributed by atoms with Crippen LogP contribution in [0.1, 0.15) is 31.9 Å². The van der Waals surface area contributed by atoms with E-state index in [-0.39, 0.29) is 0 Å². The zero-order chi connectivity index (χ0) is 10.5. The van der Waals surface area contributed by atoms with Crippen LogP contribution in [0.25, 0.3) is 0 Å². The highest BCUT2D eigenvalue weighted by Gasteiger charge is 2.48. The van der Waals surface area contributed by atoms with Gasteiger partial charge in [-0.25, -0.2) is 0 Å². The summed E-state index contributed by atoms with van der Waals surface area (Å²) in [6.07, 6.45) is 5.01. The van der Waals surface area contributed by atoms with Gasteiger partial charge in [0.1, 0.15) is 11.4 Å². The van der Waals surface area contributed by atoms with E-state index in [1.807, 2.05) is 12.1 Å². The van der Waals surface area contributed by atoms with Crippen LogP contribution >= 0.6 is 0 Å². The molecule has 0 radical (unpaired) electrons. The van der Waals surface area contributed by atoms with Gasteiger partial charge in [0.25, 0.3) is 0 Å². The standard InChI is InChI=1S/C12H17NO2/c1-9-7-12(14,11-3-2-6-15-11)8-13(9)10-4-5-10/h2-3,6,9-10,14H,4-5,7-8H2,1H3. The Balaban J connectivity index is 1.83. The summed E-state index contributed by atoms with van der Waals surface area (Å²) in [5.74, 6) is 0.720. The molecule has 3 heteroatoms. The highest BCUT2D eigenvalue weighted by atomic mass is 16.4. The minimum Gasteiger partial charge on any atom is -0.466 e. The maximum absolute atomic E-state index is 10.5. The molecule has 0 aromatic carbocycles. The van der Waals surface area contributed by atoms with Gasteiger partial charge < -0.3 is 9.52 Å². The van der Waals surface area contributed by atoms with Gasteiger partial charge in [0, 0.05) is 18.6 Å². The first-order chi connectivity index (χ1) is 7.19. The lowest BCUT2D eigenvalue weighted by Gasteiger charge is -2.21. The van der Waals surface area contributed by atoms with Crippen molar-refractivity contribution >= 4 is 0 Å². The van der Waals surface area contributed by atoms with Crippen molar-refractivity contribution in [1.82, 2.24) is 4.90 Å². The predicted molar refractivity (Wildman–Crippen MR) is 56.4 cm³/mol. The minimum absolute atomic E-state index is 0.465. The summed E-state index contributed by atoms with van der Waals surface area (Å²) in [6.45, 7) is 2.92. The lowest BCUT2D eigenvalue weighted by Crippen LogP contribution is -2.33.